The summed E-state index contributed by atoms with van der Waals surface area (Å²) in [5.41, 5.74) is 12.5. The minimum absolute atomic E-state index is 0.0109. The molecule has 13 heteroatoms. The quantitative estimate of drug-likeness (QED) is 0.135. The number of likely N-dealkylation sites (tertiary alicyclic amines) is 1. The lowest BCUT2D eigenvalue weighted by molar-refractivity contribution is -0.192. The van der Waals surface area contributed by atoms with Crippen molar-refractivity contribution in [1.82, 2.24) is 30.2 Å². The number of benzene rings is 1. The first-order valence-electron chi connectivity index (χ1n) is 30.8. The second kappa shape index (κ2) is 23.6. The van der Waals surface area contributed by atoms with Gasteiger partial charge in [-0.15, -0.1) is 0 Å². The molecule has 418 valence electrons. The molecule has 2 aromatic heterocycles. The highest BCUT2D eigenvalue weighted by molar-refractivity contribution is 5.95. The number of fused-ring (bicyclic) bond motifs is 1. The molecule has 0 radical (unpaired) electrons. The minimum Gasteiger partial charge on any atom is -0.381 e. The van der Waals surface area contributed by atoms with Gasteiger partial charge in [0.15, 0.2) is 0 Å². The molecule has 1 spiro atoms. The lowest BCUT2D eigenvalue weighted by Crippen LogP contribution is -2.63. The van der Waals surface area contributed by atoms with Crippen molar-refractivity contribution in [2.24, 2.45) is 40.4 Å². The molecule has 8 fully saturated rings. The maximum Gasteiger partial charge on any atom is 0.259 e. The van der Waals surface area contributed by atoms with Gasteiger partial charge in [-0.1, -0.05) is 40.0 Å². The van der Waals surface area contributed by atoms with Crippen LogP contribution in [0.5, 0.6) is 0 Å². The van der Waals surface area contributed by atoms with Crippen molar-refractivity contribution < 1.29 is 28.5 Å². The fourth-order valence-corrected chi connectivity index (χ4v) is 16.1. The number of nitrogens with zero attached hydrogens (tertiary/aromatic N) is 5. The highest BCUT2D eigenvalue weighted by Gasteiger charge is 2.55. The summed E-state index contributed by atoms with van der Waals surface area (Å²) in [5.74, 6) is 2.29. The third kappa shape index (κ3) is 11.0. The summed E-state index contributed by atoms with van der Waals surface area (Å²) in [7, 11) is 1.80. The van der Waals surface area contributed by atoms with Crippen LogP contribution in [0.2, 0.25) is 0 Å². The molecular weight excluding hydrogens is 951 g/mol. The van der Waals surface area contributed by atoms with Crippen molar-refractivity contribution >= 4 is 28.4 Å². The molecule has 3 aromatic rings. The normalized spacial score (nSPS) is 26.8. The van der Waals surface area contributed by atoms with E-state index in [0.29, 0.717) is 47.6 Å². The average molecular weight is 1050 g/mol. The van der Waals surface area contributed by atoms with Gasteiger partial charge in [-0.3, -0.25) is 24.5 Å². The van der Waals surface area contributed by atoms with Crippen molar-refractivity contribution in [2.75, 3.05) is 84.4 Å². The zero-order valence-electron chi connectivity index (χ0n) is 47.6. The monoisotopic (exact) mass is 1050 g/mol. The molecule has 6 saturated heterocycles. The number of pyridine rings is 1. The maximum absolute atomic E-state index is 15.7. The first kappa shape index (κ1) is 54.4. The third-order valence-corrected chi connectivity index (χ3v) is 20.9. The molecule has 2 saturated carbocycles. The van der Waals surface area contributed by atoms with Crippen LogP contribution in [0.25, 0.3) is 22.2 Å². The van der Waals surface area contributed by atoms with E-state index >= 15 is 9.59 Å². The Labute approximate surface area is 455 Å². The number of amides is 2. The third-order valence-electron chi connectivity index (χ3n) is 20.9. The number of aryl methyl sites for hydroxylation is 1. The molecule has 13 nitrogen and oxygen atoms in total. The Morgan fingerprint density at radius 1 is 0.855 bits per heavy atom. The fraction of sp³-hybridized carbons (Fsp3) is 0.762. The van der Waals surface area contributed by atoms with Crippen LogP contribution in [-0.4, -0.2) is 129 Å². The molecule has 0 unspecified atom stereocenters. The second-order valence-electron chi connectivity index (χ2n) is 26.0. The molecule has 2 N–H and O–H groups in total. The van der Waals surface area contributed by atoms with Crippen molar-refractivity contribution in [2.45, 2.75) is 187 Å². The Balaban J connectivity index is 0.957. The zero-order chi connectivity index (χ0) is 52.6. The number of hydrazine groups is 1. The van der Waals surface area contributed by atoms with E-state index < -0.39 is 6.04 Å². The molecule has 6 aliphatic heterocycles. The maximum atomic E-state index is 15.7. The number of methoxy groups -OCH3 is 1. The lowest BCUT2D eigenvalue weighted by Gasteiger charge is -2.57. The SMILES string of the molecule is CCn1c(-c2cc(C3CCOCC3)cnc2[C@H](C)OC)c(CC(C)(C)CC)c2cc(N3CC[C@H]([C@H](NC(=O)[C@H](C4CCCC4)N4CCC[C@@H]4C4CCOCC4)C(=O)N4CCCCN4)[C@@H](C4CC5(COC5)C4)CC3)ccc21. The van der Waals surface area contributed by atoms with Gasteiger partial charge >= 0.3 is 0 Å². The van der Waals surface area contributed by atoms with Crippen LogP contribution in [0.3, 0.4) is 0 Å². The van der Waals surface area contributed by atoms with Crippen molar-refractivity contribution in [1.29, 1.82) is 0 Å². The van der Waals surface area contributed by atoms with Crippen molar-refractivity contribution in [3.8, 4) is 11.3 Å². The molecule has 2 aliphatic carbocycles. The molecule has 2 amide bonds. The number of ether oxygens (including phenoxy) is 4. The van der Waals surface area contributed by atoms with E-state index in [9.17, 15) is 0 Å². The predicted octanol–water partition coefficient (Wildman–Crippen LogP) is 10.6. The first-order chi connectivity index (χ1) is 37.0. The summed E-state index contributed by atoms with van der Waals surface area (Å²) in [6.45, 7) is 21.5. The number of hydrogen-bond acceptors (Lipinski definition) is 10. The topological polar surface area (TPSA) is 123 Å². The van der Waals surface area contributed by atoms with Crippen LogP contribution in [-0.2, 0) is 41.5 Å². The van der Waals surface area contributed by atoms with Crippen LogP contribution >= 0.6 is 0 Å². The van der Waals surface area contributed by atoms with Gasteiger partial charge in [0.2, 0.25) is 5.91 Å². The van der Waals surface area contributed by atoms with Crippen LogP contribution in [0.15, 0.2) is 30.5 Å². The summed E-state index contributed by atoms with van der Waals surface area (Å²) < 4.78 is 26.2. The highest BCUT2D eigenvalue weighted by atomic mass is 16.5. The summed E-state index contributed by atoms with van der Waals surface area (Å²) >= 11 is 0. The van der Waals surface area contributed by atoms with E-state index in [1.807, 2.05) is 5.01 Å². The van der Waals surface area contributed by atoms with Gasteiger partial charge in [-0.25, -0.2) is 5.43 Å². The van der Waals surface area contributed by atoms with Crippen LogP contribution in [0.4, 0.5) is 5.69 Å². The molecule has 6 atom stereocenters. The van der Waals surface area contributed by atoms with E-state index in [0.717, 1.165) is 181 Å². The number of aromatic nitrogens is 2. The lowest BCUT2D eigenvalue weighted by atomic mass is 9.54. The Bertz CT molecular complexity index is 2460. The zero-order valence-corrected chi connectivity index (χ0v) is 47.6. The average Bonchev–Trinajstić information content (AvgIpc) is 4.18. The summed E-state index contributed by atoms with van der Waals surface area (Å²) in [6, 6.07) is 9.35. The van der Waals surface area contributed by atoms with E-state index in [2.05, 4.69) is 90.2 Å². The van der Waals surface area contributed by atoms with E-state index in [4.69, 9.17) is 23.9 Å². The van der Waals surface area contributed by atoms with Crippen molar-refractivity contribution in [3.63, 3.8) is 0 Å². The van der Waals surface area contributed by atoms with Gasteiger partial charge in [0.1, 0.15) is 6.04 Å². The second-order valence-corrected chi connectivity index (χ2v) is 26.0. The largest absolute Gasteiger partial charge is 0.381 e. The smallest absolute Gasteiger partial charge is 0.259 e. The Morgan fingerprint density at radius 2 is 1.61 bits per heavy atom. The number of rotatable bonds is 17. The first-order valence-corrected chi connectivity index (χ1v) is 30.8. The molecule has 11 rings (SSSR count). The van der Waals surface area contributed by atoms with Crippen molar-refractivity contribution in [3.05, 3.63) is 47.3 Å². The Morgan fingerprint density at radius 3 is 2.29 bits per heavy atom. The van der Waals surface area contributed by atoms with E-state index in [1.54, 1.807) is 7.11 Å². The van der Waals surface area contributed by atoms with Gasteiger partial charge in [0.25, 0.3) is 5.91 Å². The van der Waals surface area contributed by atoms with Gasteiger partial charge in [0, 0.05) is 106 Å². The Hall–Kier alpha value is -3.59. The summed E-state index contributed by atoms with van der Waals surface area (Å²) in [4.78, 5) is 41.7. The number of anilines is 1. The molecule has 0 bridgehead atoms. The van der Waals surface area contributed by atoms with E-state index in [-0.39, 0.29) is 35.3 Å². The number of nitrogens with one attached hydrogen (secondary N) is 2. The summed E-state index contributed by atoms with van der Waals surface area (Å²) in [6.07, 6.45) is 21.1. The number of hydrogen-bond donors (Lipinski definition) is 2. The van der Waals surface area contributed by atoms with Gasteiger partial charge in [-0.2, -0.15) is 0 Å². The van der Waals surface area contributed by atoms with Gasteiger partial charge < -0.3 is 33.7 Å². The fourth-order valence-electron chi connectivity index (χ4n) is 16.1. The van der Waals surface area contributed by atoms with E-state index in [1.165, 1.54) is 51.8 Å². The van der Waals surface area contributed by atoms with Gasteiger partial charge in [-0.05, 0) is 193 Å². The molecular formula is C63H95N7O6. The van der Waals surface area contributed by atoms with Gasteiger partial charge in [0.05, 0.1) is 36.7 Å². The predicted molar refractivity (Wildman–Crippen MR) is 301 cm³/mol. The molecule has 76 heavy (non-hydrogen) atoms. The highest BCUT2D eigenvalue weighted by Crippen LogP contribution is 2.56. The van der Waals surface area contributed by atoms with Crippen LogP contribution in [0, 0.1) is 40.4 Å². The number of carbonyl (C=O) groups is 2. The summed E-state index contributed by atoms with van der Waals surface area (Å²) in [5, 5.41) is 6.98. The molecule has 8 aliphatic rings. The standard InChI is InChI=1S/C63H95N7O6/c1-7-62(4,5)38-53-51-35-48(17-18-55(51)68(8-2)59(53)52-34-46(43-21-30-74-31-22-43)39-64-56(52)42(3)73-6)67-28-19-49(47-36-63(37-47)40-76-41-63)50(20-29-67)57(61(72)70-27-12-11-25-65-70)66-60(71)58(45-14-9-10-15-45)69-26-13-16-54(69)44-23-32-75-33-24-44/h17-18,34-35,39,42-45,47,49-50,54,57-58,65H,7-16,19-33,36-38,40-41H2,1-6H3,(H,66,71)/t42-,49+,50-,54+,57-,58-/m0/s1. The van der Waals surface area contributed by atoms with Crippen LogP contribution < -0.4 is 15.6 Å². The molecule has 1 aromatic carbocycles. The molecule has 8 heterocycles. The minimum atomic E-state index is -0.592. The number of carbonyl (C=O) groups excluding carboxylic acids is 2. The van der Waals surface area contributed by atoms with Crippen LogP contribution in [0.1, 0.15) is 173 Å². The Kier molecular flexibility index (Phi) is 16.9.